The fourth-order valence-electron chi connectivity index (χ4n) is 1.67. The maximum Gasteiger partial charge on any atom is 0.261 e. The van der Waals surface area contributed by atoms with Gasteiger partial charge >= 0.3 is 0 Å². The van der Waals surface area contributed by atoms with Gasteiger partial charge in [0.1, 0.15) is 0 Å². The van der Waals surface area contributed by atoms with Gasteiger partial charge in [-0.1, -0.05) is 12.1 Å². The molecule has 0 heterocycles. The molecule has 0 radical (unpaired) electrons. The molecule has 2 N–H and O–H groups in total. The van der Waals surface area contributed by atoms with Crippen LogP contribution in [0, 0.1) is 5.82 Å². The molecule has 0 amide bonds. The molecule has 21 heavy (non-hydrogen) atoms. The number of hydrogen-bond acceptors (Lipinski definition) is 4. The maximum atomic E-state index is 13.2. The van der Waals surface area contributed by atoms with E-state index in [4.69, 9.17) is 5.11 Å². The molecule has 2 aromatic rings. The number of aromatic hydroxyl groups is 1. The Hall–Kier alpha value is -2.41. The van der Waals surface area contributed by atoms with Gasteiger partial charge in [-0.25, -0.2) is 12.8 Å². The largest absolute Gasteiger partial charge is 0.505 e. The quantitative estimate of drug-likeness (QED) is 0.671. The van der Waals surface area contributed by atoms with Crippen molar-refractivity contribution in [1.29, 1.82) is 0 Å². The van der Waals surface area contributed by atoms with Crippen molar-refractivity contribution in [2.45, 2.75) is 11.8 Å². The lowest BCUT2D eigenvalue weighted by molar-refractivity contribution is 0.101. The second kappa shape index (κ2) is 5.53. The molecule has 2 rings (SSSR count). The number of Topliss-reactive ketones (excluding diaryl/α,β-unsaturated/α-hetero) is 1. The third-order valence-electron chi connectivity index (χ3n) is 2.75. The van der Waals surface area contributed by atoms with Gasteiger partial charge in [-0.2, -0.15) is 0 Å². The number of anilines is 1. The summed E-state index contributed by atoms with van der Waals surface area (Å²) in [6.07, 6.45) is 0. The molecule has 0 aromatic heterocycles. The van der Waals surface area contributed by atoms with Crippen molar-refractivity contribution in [2.75, 3.05) is 4.72 Å². The van der Waals surface area contributed by atoms with E-state index in [1.54, 1.807) is 0 Å². The summed E-state index contributed by atoms with van der Waals surface area (Å²) in [5.41, 5.74) is 0.230. The molecule has 0 aliphatic heterocycles. The molecule has 0 bridgehead atoms. The second-order valence-corrected chi connectivity index (χ2v) is 6.04. The van der Waals surface area contributed by atoms with Crippen LogP contribution in [-0.2, 0) is 10.0 Å². The summed E-state index contributed by atoms with van der Waals surface area (Å²) in [4.78, 5) is 11.2. The zero-order chi connectivity index (χ0) is 15.6. The molecule has 0 aliphatic rings. The Morgan fingerprint density at radius 2 is 1.90 bits per heavy atom. The van der Waals surface area contributed by atoms with Crippen molar-refractivity contribution in [2.24, 2.45) is 0 Å². The van der Waals surface area contributed by atoms with Gasteiger partial charge in [0.15, 0.2) is 17.3 Å². The van der Waals surface area contributed by atoms with Gasteiger partial charge in [0.25, 0.3) is 10.0 Å². The molecule has 2 aromatic carbocycles. The van der Waals surface area contributed by atoms with Crippen molar-refractivity contribution < 1.29 is 22.7 Å². The lowest BCUT2D eigenvalue weighted by Gasteiger charge is -2.09. The SMILES string of the molecule is CC(=O)c1cccc(S(=O)(=O)Nc2ccc(O)c(F)c2)c1. The predicted molar refractivity (Wildman–Crippen MR) is 75.3 cm³/mol. The van der Waals surface area contributed by atoms with Crippen molar-refractivity contribution in [3.05, 3.63) is 53.8 Å². The Kier molecular flexibility index (Phi) is 3.95. The van der Waals surface area contributed by atoms with E-state index in [0.29, 0.717) is 0 Å². The van der Waals surface area contributed by atoms with E-state index >= 15 is 0 Å². The minimum absolute atomic E-state index is 0.0291. The molecule has 0 aliphatic carbocycles. The Labute approximate surface area is 121 Å². The van der Waals surface area contributed by atoms with Crippen molar-refractivity contribution in [1.82, 2.24) is 0 Å². The van der Waals surface area contributed by atoms with Gasteiger partial charge < -0.3 is 5.11 Å². The van der Waals surface area contributed by atoms with E-state index in [9.17, 15) is 17.6 Å². The number of phenolic OH excluding ortho intramolecular Hbond substituents is 1. The van der Waals surface area contributed by atoms with Gasteiger partial charge in [-0.3, -0.25) is 9.52 Å². The first-order chi connectivity index (χ1) is 9.79. The number of carbonyl (C=O) groups is 1. The Bertz CT molecular complexity index is 802. The van der Waals surface area contributed by atoms with Crippen LogP contribution in [0.2, 0.25) is 0 Å². The van der Waals surface area contributed by atoms with E-state index in [2.05, 4.69) is 4.72 Å². The number of hydrogen-bond donors (Lipinski definition) is 2. The van der Waals surface area contributed by atoms with E-state index < -0.39 is 21.6 Å². The van der Waals surface area contributed by atoms with Gasteiger partial charge in [0, 0.05) is 11.6 Å². The van der Waals surface area contributed by atoms with Gasteiger partial charge in [0.2, 0.25) is 0 Å². The van der Waals surface area contributed by atoms with Crippen LogP contribution in [0.25, 0.3) is 0 Å². The van der Waals surface area contributed by atoms with Crippen molar-refractivity contribution >= 4 is 21.5 Å². The summed E-state index contributed by atoms with van der Waals surface area (Å²) in [7, 11) is -3.95. The number of benzene rings is 2. The van der Waals surface area contributed by atoms with Crippen LogP contribution in [0.1, 0.15) is 17.3 Å². The molecular weight excluding hydrogens is 297 g/mol. The molecule has 0 spiro atoms. The highest BCUT2D eigenvalue weighted by Crippen LogP contribution is 2.22. The number of phenols is 1. The zero-order valence-corrected chi connectivity index (χ0v) is 11.8. The van der Waals surface area contributed by atoms with Crippen LogP contribution in [-0.4, -0.2) is 19.3 Å². The van der Waals surface area contributed by atoms with Crippen LogP contribution in [0.3, 0.4) is 0 Å². The average Bonchev–Trinajstić information content (AvgIpc) is 2.43. The highest BCUT2D eigenvalue weighted by Gasteiger charge is 2.16. The van der Waals surface area contributed by atoms with Crippen LogP contribution >= 0.6 is 0 Å². The monoisotopic (exact) mass is 309 g/mol. The Morgan fingerprint density at radius 1 is 1.19 bits per heavy atom. The molecule has 0 saturated carbocycles. The summed E-state index contributed by atoms with van der Waals surface area (Å²) in [5.74, 6) is -1.77. The topological polar surface area (TPSA) is 83.5 Å². The maximum absolute atomic E-state index is 13.2. The number of carbonyl (C=O) groups excluding carboxylic acids is 1. The van der Waals surface area contributed by atoms with E-state index in [0.717, 1.165) is 12.1 Å². The molecule has 110 valence electrons. The fraction of sp³-hybridized carbons (Fsp3) is 0.0714. The Morgan fingerprint density at radius 3 is 2.52 bits per heavy atom. The van der Waals surface area contributed by atoms with E-state index in [1.165, 1.54) is 37.3 Å². The minimum Gasteiger partial charge on any atom is -0.505 e. The summed E-state index contributed by atoms with van der Waals surface area (Å²) < 4.78 is 39.7. The number of rotatable bonds is 4. The van der Waals surface area contributed by atoms with Crippen LogP contribution in [0.15, 0.2) is 47.4 Å². The number of halogens is 1. The molecule has 0 unspecified atom stereocenters. The second-order valence-electron chi connectivity index (χ2n) is 4.36. The number of nitrogens with one attached hydrogen (secondary N) is 1. The average molecular weight is 309 g/mol. The van der Waals surface area contributed by atoms with Gasteiger partial charge in [-0.05, 0) is 31.2 Å². The first-order valence-electron chi connectivity index (χ1n) is 5.92. The molecular formula is C14H12FNO4S. The highest BCUT2D eigenvalue weighted by atomic mass is 32.2. The van der Waals surface area contributed by atoms with E-state index in [1.807, 2.05) is 0 Å². The third-order valence-corrected chi connectivity index (χ3v) is 4.13. The molecule has 0 atom stereocenters. The van der Waals surface area contributed by atoms with Gasteiger partial charge in [-0.15, -0.1) is 0 Å². The minimum atomic E-state index is -3.95. The van der Waals surface area contributed by atoms with Crippen molar-refractivity contribution in [3.63, 3.8) is 0 Å². The zero-order valence-electron chi connectivity index (χ0n) is 11.0. The standard InChI is InChI=1S/C14H12FNO4S/c1-9(17)10-3-2-4-12(7-10)21(19,20)16-11-5-6-14(18)13(15)8-11/h2-8,16,18H,1H3. The smallest absolute Gasteiger partial charge is 0.261 e. The van der Waals surface area contributed by atoms with Crippen LogP contribution in [0.5, 0.6) is 5.75 Å². The predicted octanol–water partition coefficient (Wildman–Crippen LogP) is 2.53. The molecule has 0 fully saturated rings. The molecule has 0 saturated heterocycles. The first kappa shape index (κ1) is 15.0. The number of ketones is 1. The fourth-order valence-corrected chi connectivity index (χ4v) is 2.76. The molecule has 7 heteroatoms. The number of sulfonamides is 1. The lowest BCUT2D eigenvalue weighted by atomic mass is 10.2. The van der Waals surface area contributed by atoms with Crippen LogP contribution < -0.4 is 4.72 Å². The summed E-state index contributed by atoms with van der Waals surface area (Å²) in [5, 5.41) is 9.07. The summed E-state index contributed by atoms with van der Waals surface area (Å²) in [6, 6.07) is 8.64. The van der Waals surface area contributed by atoms with E-state index in [-0.39, 0.29) is 21.9 Å². The van der Waals surface area contributed by atoms with Crippen molar-refractivity contribution in [3.8, 4) is 5.75 Å². The van der Waals surface area contributed by atoms with Crippen LogP contribution in [0.4, 0.5) is 10.1 Å². The Balaban J connectivity index is 2.36. The summed E-state index contributed by atoms with van der Waals surface area (Å²) >= 11 is 0. The van der Waals surface area contributed by atoms with Gasteiger partial charge in [0.05, 0.1) is 10.6 Å². The highest BCUT2D eigenvalue weighted by molar-refractivity contribution is 7.92. The lowest BCUT2D eigenvalue weighted by Crippen LogP contribution is -2.13. The first-order valence-corrected chi connectivity index (χ1v) is 7.40. The molecule has 5 nitrogen and oxygen atoms in total. The summed E-state index contributed by atoms with van der Waals surface area (Å²) in [6.45, 7) is 1.33. The normalized spacial score (nSPS) is 11.1. The third kappa shape index (κ3) is 3.38.